The van der Waals surface area contributed by atoms with Crippen LogP contribution >= 0.6 is 0 Å². The molecule has 0 radical (unpaired) electrons. The Morgan fingerprint density at radius 2 is 2.10 bits per heavy atom. The number of benzene rings is 1. The average Bonchev–Trinajstić information content (AvgIpc) is 3.32. The molecule has 0 spiro atoms. The van der Waals surface area contributed by atoms with Gasteiger partial charge in [0.25, 0.3) is 5.56 Å². The molecule has 2 aliphatic rings. The molecule has 0 saturated heterocycles. The number of hydrogen-bond acceptors (Lipinski definition) is 3. The van der Waals surface area contributed by atoms with Gasteiger partial charge in [0.15, 0.2) is 0 Å². The van der Waals surface area contributed by atoms with E-state index < -0.39 is 0 Å². The van der Waals surface area contributed by atoms with Crippen LogP contribution in [-0.2, 0) is 6.54 Å². The first kappa shape index (κ1) is 12.1. The van der Waals surface area contributed by atoms with Crippen LogP contribution < -0.4 is 10.9 Å². The van der Waals surface area contributed by atoms with E-state index in [9.17, 15) is 4.79 Å². The summed E-state index contributed by atoms with van der Waals surface area (Å²) < 4.78 is 0. The molecule has 1 aromatic carbocycles. The molecule has 0 atom stereocenters. The van der Waals surface area contributed by atoms with E-state index in [1.165, 1.54) is 25.7 Å². The number of hydrogen-bond donors (Lipinski definition) is 2. The van der Waals surface area contributed by atoms with Crippen molar-refractivity contribution in [1.29, 1.82) is 0 Å². The molecule has 20 heavy (non-hydrogen) atoms. The lowest BCUT2D eigenvalue weighted by Crippen LogP contribution is -2.27. The second-order valence-corrected chi connectivity index (χ2v) is 6.27. The lowest BCUT2D eigenvalue weighted by molar-refractivity contribution is 0.401. The van der Waals surface area contributed by atoms with E-state index in [-0.39, 0.29) is 5.56 Å². The van der Waals surface area contributed by atoms with Gasteiger partial charge in [0, 0.05) is 6.54 Å². The van der Waals surface area contributed by atoms with Crippen LogP contribution in [0.25, 0.3) is 10.9 Å². The Labute approximate surface area is 117 Å². The number of H-pyrrole nitrogens is 1. The molecule has 4 nitrogen and oxygen atoms in total. The van der Waals surface area contributed by atoms with Crippen molar-refractivity contribution in [1.82, 2.24) is 15.3 Å². The number of fused-ring (bicyclic) bond motifs is 1. The molecule has 104 valence electrons. The van der Waals surface area contributed by atoms with Gasteiger partial charge in [-0.3, -0.25) is 4.79 Å². The Hall–Kier alpha value is -1.68. The summed E-state index contributed by atoms with van der Waals surface area (Å²) in [5.41, 5.74) is 1.31. The summed E-state index contributed by atoms with van der Waals surface area (Å²) in [6.45, 7) is 1.71. The minimum absolute atomic E-state index is 0.0456. The lowest BCUT2D eigenvalue weighted by atomic mass is 10.0. The highest BCUT2D eigenvalue weighted by Gasteiger charge is 2.53. The molecule has 2 aliphatic carbocycles. The maximum atomic E-state index is 12.0. The van der Waals surface area contributed by atoms with Crippen molar-refractivity contribution >= 4 is 10.9 Å². The standard InChI is InChI=1S/C16H19N3O/c20-15-12-3-1-2-4-13(12)18-14(19-15)9-17-10-16(7-8-16)11-5-6-11/h1-4,11,17H,5-10H2,(H,18,19,20). The minimum Gasteiger partial charge on any atom is -0.309 e. The molecule has 2 aromatic rings. The third-order valence-electron chi connectivity index (χ3n) is 4.77. The predicted molar refractivity (Wildman–Crippen MR) is 78.5 cm³/mol. The normalized spacial score (nSPS) is 20.2. The molecule has 0 amide bonds. The van der Waals surface area contributed by atoms with Crippen molar-refractivity contribution in [2.45, 2.75) is 32.2 Å². The van der Waals surface area contributed by atoms with Crippen LogP contribution in [0.4, 0.5) is 0 Å². The predicted octanol–water partition coefficient (Wildman–Crippen LogP) is 2.20. The number of nitrogens with one attached hydrogen (secondary N) is 2. The Balaban J connectivity index is 1.47. The minimum atomic E-state index is -0.0456. The van der Waals surface area contributed by atoms with Gasteiger partial charge in [-0.15, -0.1) is 0 Å². The summed E-state index contributed by atoms with van der Waals surface area (Å²) in [7, 11) is 0. The fourth-order valence-corrected chi connectivity index (χ4v) is 3.23. The molecule has 0 aliphatic heterocycles. The van der Waals surface area contributed by atoms with Crippen molar-refractivity contribution in [2.24, 2.45) is 11.3 Å². The highest BCUT2D eigenvalue weighted by Crippen LogP contribution is 2.60. The highest BCUT2D eigenvalue weighted by molar-refractivity contribution is 5.77. The molecular weight excluding hydrogens is 250 g/mol. The molecule has 4 rings (SSSR count). The highest BCUT2D eigenvalue weighted by atomic mass is 16.1. The summed E-state index contributed by atoms with van der Waals surface area (Å²) in [5.74, 6) is 1.69. The summed E-state index contributed by atoms with van der Waals surface area (Å²) >= 11 is 0. The number of aromatic nitrogens is 2. The molecule has 2 fully saturated rings. The zero-order valence-electron chi connectivity index (χ0n) is 11.5. The average molecular weight is 269 g/mol. The van der Waals surface area contributed by atoms with Gasteiger partial charge < -0.3 is 10.3 Å². The van der Waals surface area contributed by atoms with E-state index in [2.05, 4.69) is 15.3 Å². The zero-order valence-corrected chi connectivity index (χ0v) is 11.5. The van der Waals surface area contributed by atoms with Crippen LogP contribution in [0.15, 0.2) is 29.1 Å². The smallest absolute Gasteiger partial charge is 0.258 e. The number of rotatable bonds is 5. The van der Waals surface area contributed by atoms with E-state index in [0.717, 1.165) is 23.8 Å². The maximum Gasteiger partial charge on any atom is 0.258 e. The Bertz CT molecular complexity index is 698. The molecule has 0 unspecified atom stereocenters. The van der Waals surface area contributed by atoms with E-state index in [4.69, 9.17) is 0 Å². The summed E-state index contributed by atoms with van der Waals surface area (Å²) in [6, 6.07) is 7.48. The Kier molecular flexibility index (Phi) is 2.67. The summed E-state index contributed by atoms with van der Waals surface area (Å²) in [6.07, 6.45) is 5.55. The zero-order chi connectivity index (χ0) is 13.6. The van der Waals surface area contributed by atoms with Gasteiger partial charge in [-0.25, -0.2) is 4.98 Å². The van der Waals surface area contributed by atoms with Crippen LogP contribution in [-0.4, -0.2) is 16.5 Å². The quantitative estimate of drug-likeness (QED) is 0.875. The van der Waals surface area contributed by atoms with Gasteiger partial charge in [0.2, 0.25) is 0 Å². The number of nitrogens with zero attached hydrogens (tertiary/aromatic N) is 1. The van der Waals surface area contributed by atoms with Gasteiger partial charge >= 0.3 is 0 Å². The first-order chi connectivity index (χ1) is 9.77. The van der Waals surface area contributed by atoms with E-state index in [1.54, 1.807) is 0 Å². The fraction of sp³-hybridized carbons (Fsp3) is 0.500. The largest absolute Gasteiger partial charge is 0.309 e. The Morgan fingerprint density at radius 3 is 2.85 bits per heavy atom. The second kappa shape index (κ2) is 4.42. The third kappa shape index (κ3) is 2.14. The Morgan fingerprint density at radius 1 is 1.30 bits per heavy atom. The third-order valence-corrected chi connectivity index (χ3v) is 4.77. The molecule has 1 heterocycles. The number of para-hydroxylation sites is 1. The first-order valence-electron chi connectivity index (χ1n) is 7.46. The van der Waals surface area contributed by atoms with Crippen molar-refractivity contribution in [3.63, 3.8) is 0 Å². The van der Waals surface area contributed by atoms with Gasteiger partial charge in [-0.05, 0) is 49.1 Å². The molecular formula is C16H19N3O. The second-order valence-electron chi connectivity index (χ2n) is 6.27. The SMILES string of the molecule is O=c1[nH]c(CNCC2(C3CC3)CC2)nc2ccccc12. The molecule has 1 aromatic heterocycles. The van der Waals surface area contributed by atoms with Gasteiger partial charge in [-0.2, -0.15) is 0 Å². The van der Waals surface area contributed by atoms with Crippen LogP contribution in [0.5, 0.6) is 0 Å². The van der Waals surface area contributed by atoms with E-state index in [1.807, 2.05) is 24.3 Å². The van der Waals surface area contributed by atoms with Crippen molar-refractivity contribution in [2.75, 3.05) is 6.54 Å². The van der Waals surface area contributed by atoms with E-state index >= 15 is 0 Å². The van der Waals surface area contributed by atoms with E-state index in [0.29, 0.717) is 17.3 Å². The van der Waals surface area contributed by atoms with Gasteiger partial charge in [0.05, 0.1) is 17.4 Å². The molecule has 2 N–H and O–H groups in total. The van der Waals surface area contributed by atoms with Crippen LogP contribution in [0.1, 0.15) is 31.5 Å². The first-order valence-corrected chi connectivity index (χ1v) is 7.46. The van der Waals surface area contributed by atoms with Crippen LogP contribution in [0.3, 0.4) is 0 Å². The number of aromatic amines is 1. The summed E-state index contributed by atoms with van der Waals surface area (Å²) in [4.78, 5) is 19.4. The maximum absolute atomic E-state index is 12.0. The van der Waals surface area contributed by atoms with Crippen molar-refractivity contribution in [3.8, 4) is 0 Å². The van der Waals surface area contributed by atoms with Crippen LogP contribution in [0.2, 0.25) is 0 Å². The van der Waals surface area contributed by atoms with Crippen LogP contribution in [0, 0.1) is 11.3 Å². The summed E-state index contributed by atoms with van der Waals surface area (Å²) in [5, 5.41) is 4.15. The topological polar surface area (TPSA) is 57.8 Å². The monoisotopic (exact) mass is 269 g/mol. The molecule has 2 saturated carbocycles. The van der Waals surface area contributed by atoms with Crippen molar-refractivity contribution < 1.29 is 0 Å². The fourth-order valence-electron chi connectivity index (χ4n) is 3.23. The molecule has 0 bridgehead atoms. The van der Waals surface area contributed by atoms with Crippen molar-refractivity contribution in [3.05, 3.63) is 40.4 Å². The molecule has 4 heteroatoms. The van der Waals surface area contributed by atoms with Gasteiger partial charge in [0.1, 0.15) is 5.82 Å². The van der Waals surface area contributed by atoms with Gasteiger partial charge in [-0.1, -0.05) is 12.1 Å². The lowest BCUT2D eigenvalue weighted by Gasteiger charge is -2.14.